The number of carbonyl (C=O) groups is 2. The highest BCUT2D eigenvalue weighted by Crippen LogP contribution is 2.18. The molecule has 1 heterocycles. The van der Waals surface area contributed by atoms with Crippen LogP contribution >= 0.6 is 0 Å². The fourth-order valence-corrected chi connectivity index (χ4v) is 3.04. The maximum atomic E-state index is 12.5. The summed E-state index contributed by atoms with van der Waals surface area (Å²) in [6, 6.07) is 17.3. The van der Waals surface area contributed by atoms with Gasteiger partial charge in [0.1, 0.15) is 5.75 Å². The van der Waals surface area contributed by atoms with Gasteiger partial charge in [0.25, 0.3) is 11.8 Å². The third kappa shape index (κ3) is 7.03. The van der Waals surface area contributed by atoms with Gasteiger partial charge in [-0.05, 0) is 67.1 Å². The number of benzene rings is 2. The minimum atomic E-state index is -0.329. The summed E-state index contributed by atoms with van der Waals surface area (Å²) in [6.45, 7) is 2.89. The quantitative estimate of drug-likeness (QED) is 0.366. The average Bonchev–Trinajstić information content (AvgIpc) is 3.33. The van der Waals surface area contributed by atoms with Crippen LogP contribution in [0.25, 0.3) is 0 Å². The Morgan fingerprint density at radius 1 is 0.806 bits per heavy atom. The lowest BCUT2D eigenvalue weighted by atomic mass is 10.1. The van der Waals surface area contributed by atoms with Crippen molar-refractivity contribution < 1.29 is 18.7 Å². The zero-order valence-corrected chi connectivity index (χ0v) is 17.7. The Labute approximate surface area is 182 Å². The number of hydrogen-bond donors (Lipinski definition) is 2. The highest BCUT2D eigenvalue weighted by molar-refractivity contribution is 6.05. The molecule has 2 amide bonds. The SMILES string of the molecule is CCCCCCCOc1ccc(C(=O)Nc2ccc(NC(=O)c3ccco3)cc2)cc1. The van der Waals surface area contributed by atoms with Gasteiger partial charge in [-0.15, -0.1) is 0 Å². The highest BCUT2D eigenvalue weighted by Gasteiger charge is 2.10. The number of hydrogen-bond acceptors (Lipinski definition) is 4. The Morgan fingerprint density at radius 2 is 1.45 bits per heavy atom. The predicted molar refractivity (Wildman–Crippen MR) is 122 cm³/mol. The molecule has 0 aliphatic heterocycles. The molecule has 0 atom stereocenters. The molecule has 3 aromatic rings. The molecule has 2 N–H and O–H groups in total. The number of furan rings is 1. The van der Waals surface area contributed by atoms with E-state index in [4.69, 9.17) is 9.15 Å². The normalized spacial score (nSPS) is 10.5. The molecule has 6 heteroatoms. The molecule has 0 saturated heterocycles. The van der Waals surface area contributed by atoms with Gasteiger partial charge in [0.15, 0.2) is 5.76 Å². The van der Waals surface area contributed by atoms with Crippen molar-refractivity contribution >= 4 is 23.2 Å². The van der Waals surface area contributed by atoms with Gasteiger partial charge < -0.3 is 19.8 Å². The van der Waals surface area contributed by atoms with Gasteiger partial charge in [0, 0.05) is 16.9 Å². The van der Waals surface area contributed by atoms with Crippen LogP contribution in [-0.2, 0) is 0 Å². The van der Waals surface area contributed by atoms with Crippen LogP contribution in [0.3, 0.4) is 0 Å². The van der Waals surface area contributed by atoms with Gasteiger partial charge in [0.05, 0.1) is 12.9 Å². The smallest absolute Gasteiger partial charge is 0.291 e. The van der Waals surface area contributed by atoms with Crippen LogP contribution in [0, 0.1) is 0 Å². The molecule has 3 rings (SSSR count). The first kappa shape index (κ1) is 22.2. The van der Waals surface area contributed by atoms with Gasteiger partial charge in [-0.3, -0.25) is 9.59 Å². The third-order valence-corrected chi connectivity index (χ3v) is 4.78. The van der Waals surface area contributed by atoms with E-state index in [1.54, 1.807) is 48.5 Å². The fourth-order valence-electron chi connectivity index (χ4n) is 3.04. The van der Waals surface area contributed by atoms with E-state index >= 15 is 0 Å². The summed E-state index contributed by atoms with van der Waals surface area (Å²) in [4.78, 5) is 24.5. The average molecular weight is 421 g/mol. The molecule has 0 bridgehead atoms. The van der Waals surface area contributed by atoms with E-state index in [0.29, 0.717) is 23.5 Å². The zero-order valence-electron chi connectivity index (χ0n) is 17.7. The number of carbonyl (C=O) groups excluding carboxylic acids is 2. The molecular formula is C25H28N2O4. The lowest BCUT2D eigenvalue weighted by Crippen LogP contribution is -2.13. The lowest BCUT2D eigenvalue weighted by molar-refractivity contribution is 0.0994. The zero-order chi connectivity index (χ0) is 21.9. The van der Waals surface area contributed by atoms with Crippen molar-refractivity contribution in [3.8, 4) is 5.75 Å². The Hall–Kier alpha value is -3.54. The molecular weight excluding hydrogens is 392 g/mol. The molecule has 6 nitrogen and oxygen atoms in total. The number of anilines is 2. The maximum Gasteiger partial charge on any atom is 0.291 e. The van der Waals surface area contributed by atoms with Crippen LogP contribution in [0.15, 0.2) is 71.3 Å². The second-order valence-electron chi connectivity index (χ2n) is 7.25. The largest absolute Gasteiger partial charge is 0.494 e. The first-order chi connectivity index (χ1) is 15.2. The van der Waals surface area contributed by atoms with E-state index in [1.807, 2.05) is 12.1 Å². The van der Waals surface area contributed by atoms with Crippen molar-refractivity contribution in [2.24, 2.45) is 0 Å². The summed E-state index contributed by atoms with van der Waals surface area (Å²) in [5.41, 5.74) is 1.79. The number of amides is 2. The molecule has 162 valence electrons. The van der Waals surface area contributed by atoms with E-state index in [9.17, 15) is 9.59 Å². The van der Waals surface area contributed by atoms with Crippen molar-refractivity contribution in [1.29, 1.82) is 0 Å². The molecule has 0 spiro atoms. The van der Waals surface area contributed by atoms with E-state index in [2.05, 4.69) is 17.6 Å². The standard InChI is InChI=1S/C25H28N2O4/c1-2-3-4-5-6-17-30-22-15-9-19(10-16-22)24(28)26-20-11-13-21(14-12-20)27-25(29)23-8-7-18-31-23/h7-16,18H,2-6,17H2,1H3,(H,26,28)(H,27,29). The van der Waals surface area contributed by atoms with Crippen LogP contribution in [0.2, 0.25) is 0 Å². The van der Waals surface area contributed by atoms with E-state index in [0.717, 1.165) is 12.2 Å². The second-order valence-corrected chi connectivity index (χ2v) is 7.25. The molecule has 2 aromatic carbocycles. The minimum absolute atomic E-state index is 0.210. The van der Waals surface area contributed by atoms with E-state index in [-0.39, 0.29) is 17.6 Å². The Balaban J connectivity index is 1.45. The summed E-state index contributed by atoms with van der Waals surface area (Å²) in [5.74, 6) is 0.466. The van der Waals surface area contributed by atoms with Crippen molar-refractivity contribution in [3.05, 3.63) is 78.3 Å². The topological polar surface area (TPSA) is 80.6 Å². The van der Waals surface area contributed by atoms with E-state index < -0.39 is 0 Å². The summed E-state index contributed by atoms with van der Waals surface area (Å²) < 4.78 is 10.8. The number of rotatable bonds is 11. The van der Waals surface area contributed by atoms with Crippen LogP contribution in [0.5, 0.6) is 5.75 Å². The van der Waals surface area contributed by atoms with Gasteiger partial charge in [-0.25, -0.2) is 0 Å². The number of nitrogens with one attached hydrogen (secondary N) is 2. The Morgan fingerprint density at radius 3 is 2.06 bits per heavy atom. The first-order valence-corrected chi connectivity index (χ1v) is 10.6. The summed E-state index contributed by atoms with van der Waals surface area (Å²) in [5, 5.41) is 5.58. The van der Waals surface area contributed by atoms with Crippen molar-refractivity contribution in [3.63, 3.8) is 0 Å². The van der Waals surface area contributed by atoms with Gasteiger partial charge in [-0.1, -0.05) is 32.6 Å². The molecule has 0 aliphatic carbocycles. The van der Waals surface area contributed by atoms with Crippen LogP contribution in [0.4, 0.5) is 11.4 Å². The Kier molecular flexibility index (Phi) is 8.29. The lowest BCUT2D eigenvalue weighted by Gasteiger charge is -2.09. The first-order valence-electron chi connectivity index (χ1n) is 10.6. The highest BCUT2D eigenvalue weighted by atomic mass is 16.5. The minimum Gasteiger partial charge on any atom is -0.494 e. The van der Waals surface area contributed by atoms with Crippen LogP contribution in [0.1, 0.15) is 59.9 Å². The maximum absolute atomic E-state index is 12.5. The predicted octanol–water partition coefficient (Wildman–Crippen LogP) is 6.13. The van der Waals surface area contributed by atoms with Gasteiger partial charge >= 0.3 is 0 Å². The number of ether oxygens (including phenoxy) is 1. The van der Waals surface area contributed by atoms with Crippen molar-refractivity contribution in [1.82, 2.24) is 0 Å². The van der Waals surface area contributed by atoms with Crippen LogP contribution in [-0.4, -0.2) is 18.4 Å². The molecule has 0 fully saturated rings. The van der Waals surface area contributed by atoms with Crippen LogP contribution < -0.4 is 15.4 Å². The molecule has 0 saturated carbocycles. The molecule has 0 unspecified atom stereocenters. The molecule has 0 aliphatic rings. The van der Waals surface area contributed by atoms with Crippen molar-refractivity contribution in [2.75, 3.05) is 17.2 Å². The molecule has 0 radical (unpaired) electrons. The van der Waals surface area contributed by atoms with Crippen molar-refractivity contribution in [2.45, 2.75) is 39.0 Å². The fraction of sp³-hybridized carbons (Fsp3) is 0.280. The van der Waals surface area contributed by atoms with Gasteiger partial charge in [-0.2, -0.15) is 0 Å². The van der Waals surface area contributed by atoms with Gasteiger partial charge in [0.2, 0.25) is 0 Å². The Bertz CT molecular complexity index is 948. The summed E-state index contributed by atoms with van der Waals surface area (Å²) >= 11 is 0. The monoisotopic (exact) mass is 420 g/mol. The summed E-state index contributed by atoms with van der Waals surface area (Å²) in [7, 11) is 0. The van der Waals surface area contributed by atoms with E-state index in [1.165, 1.54) is 31.9 Å². The molecule has 31 heavy (non-hydrogen) atoms. The second kappa shape index (κ2) is 11.6. The summed E-state index contributed by atoms with van der Waals surface area (Å²) in [6.07, 6.45) is 7.42. The molecule has 1 aromatic heterocycles. The third-order valence-electron chi connectivity index (χ3n) is 4.78. The number of unbranched alkanes of at least 4 members (excludes halogenated alkanes) is 4.